The molecule has 9 heteroatoms. The average molecular weight is 1060 g/mol. The Morgan fingerprint density at radius 1 is 0.467 bits per heavy atom. The van der Waals surface area contributed by atoms with Crippen molar-refractivity contribution in [3.8, 4) is 0 Å². The number of allylic oxidation sites excluding steroid dienone is 10. The van der Waals surface area contributed by atoms with Crippen molar-refractivity contribution in [1.82, 2.24) is 5.32 Å². The fraction of sp³-hybridized carbons (Fsp3) is 0.833. The molecule has 6 N–H and O–H groups in total. The SMILES string of the molecule is CC/C=C\C/C=C\C/C=C\C/C=C\C/C=C\CCCCCCCCCCCCCCCCCCCCCCCCCCCC(=O)NC(COC1OC(CO)C(O)C(O)C1O)C(O)CCCCCCCCCCCCC. The summed E-state index contributed by atoms with van der Waals surface area (Å²) in [4.78, 5) is 13.1. The molecule has 1 aliphatic heterocycles. The molecule has 9 nitrogen and oxygen atoms in total. The maximum atomic E-state index is 13.1. The van der Waals surface area contributed by atoms with Crippen LogP contribution in [0.2, 0.25) is 0 Å². The van der Waals surface area contributed by atoms with Crippen LogP contribution in [0.15, 0.2) is 60.8 Å². The molecule has 1 aliphatic rings. The van der Waals surface area contributed by atoms with E-state index < -0.39 is 49.5 Å². The zero-order valence-electron chi connectivity index (χ0n) is 48.8. The van der Waals surface area contributed by atoms with Gasteiger partial charge in [-0.25, -0.2) is 0 Å². The molecular formula is C66H121NO8. The summed E-state index contributed by atoms with van der Waals surface area (Å²) in [7, 11) is 0. The van der Waals surface area contributed by atoms with Crippen LogP contribution in [0.1, 0.15) is 296 Å². The Kier molecular flexibility index (Phi) is 52.2. The van der Waals surface area contributed by atoms with Gasteiger partial charge in [-0.2, -0.15) is 0 Å². The number of hydrogen-bond donors (Lipinski definition) is 6. The van der Waals surface area contributed by atoms with Crippen molar-refractivity contribution < 1.29 is 39.8 Å². The van der Waals surface area contributed by atoms with Crippen LogP contribution in [0.5, 0.6) is 0 Å². The van der Waals surface area contributed by atoms with Crippen LogP contribution in [-0.2, 0) is 14.3 Å². The van der Waals surface area contributed by atoms with Crippen LogP contribution >= 0.6 is 0 Å². The molecule has 0 radical (unpaired) electrons. The summed E-state index contributed by atoms with van der Waals surface area (Å²) in [6.45, 7) is 3.73. The molecule has 7 unspecified atom stereocenters. The van der Waals surface area contributed by atoms with E-state index in [1.165, 1.54) is 199 Å². The topological polar surface area (TPSA) is 149 Å². The monoisotopic (exact) mass is 1060 g/mol. The molecule has 0 saturated carbocycles. The van der Waals surface area contributed by atoms with Gasteiger partial charge in [0.2, 0.25) is 5.91 Å². The highest BCUT2D eigenvalue weighted by molar-refractivity contribution is 5.76. The highest BCUT2D eigenvalue weighted by Gasteiger charge is 2.44. The number of carbonyl (C=O) groups excluding carboxylic acids is 1. The minimum atomic E-state index is -1.55. The summed E-state index contributed by atoms with van der Waals surface area (Å²) in [6.07, 6.45) is 68.7. The zero-order valence-corrected chi connectivity index (χ0v) is 48.8. The molecule has 438 valence electrons. The maximum Gasteiger partial charge on any atom is 0.220 e. The summed E-state index contributed by atoms with van der Waals surface area (Å²) >= 11 is 0. The largest absolute Gasteiger partial charge is 0.394 e. The Labute approximate surface area is 462 Å². The molecule has 0 aromatic heterocycles. The van der Waals surface area contributed by atoms with E-state index in [0.29, 0.717) is 12.8 Å². The number of nitrogens with one attached hydrogen (secondary N) is 1. The molecule has 0 bridgehead atoms. The van der Waals surface area contributed by atoms with Crippen LogP contribution in [0.4, 0.5) is 0 Å². The summed E-state index contributed by atoms with van der Waals surface area (Å²) in [5.41, 5.74) is 0. The quantitative estimate of drug-likeness (QED) is 0.0261. The molecule has 1 fully saturated rings. The van der Waals surface area contributed by atoms with Crippen molar-refractivity contribution in [1.29, 1.82) is 0 Å². The Balaban J connectivity index is 1.99. The van der Waals surface area contributed by atoms with Crippen LogP contribution < -0.4 is 5.32 Å². The molecule has 7 atom stereocenters. The molecule has 0 aliphatic carbocycles. The van der Waals surface area contributed by atoms with Crippen molar-refractivity contribution in [3.05, 3.63) is 60.8 Å². The number of hydrogen-bond acceptors (Lipinski definition) is 8. The summed E-state index contributed by atoms with van der Waals surface area (Å²) < 4.78 is 11.3. The first-order valence-corrected chi connectivity index (χ1v) is 32.0. The normalized spacial score (nSPS) is 19.3. The molecule has 0 spiro atoms. The van der Waals surface area contributed by atoms with E-state index in [2.05, 4.69) is 79.9 Å². The second-order valence-corrected chi connectivity index (χ2v) is 22.2. The van der Waals surface area contributed by atoms with E-state index >= 15 is 0 Å². The summed E-state index contributed by atoms with van der Waals surface area (Å²) in [5.74, 6) is -0.141. The van der Waals surface area contributed by atoms with E-state index in [9.17, 15) is 30.3 Å². The maximum absolute atomic E-state index is 13.1. The van der Waals surface area contributed by atoms with E-state index in [1.807, 2.05) is 0 Å². The Hall–Kier alpha value is -2.11. The van der Waals surface area contributed by atoms with Gasteiger partial charge in [0.25, 0.3) is 0 Å². The molecule has 1 heterocycles. The average Bonchev–Trinajstić information content (AvgIpc) is 3.41. The number of aliphatic hydroxyl groups is 5. The van der Waals surface area contributed by atoms with Crippen molar-refractivity contribution in [2.24, 2.45) is 0 Å². The lowest BCUT2D eigenvalue weighted by Gasteiger charge is -2.40. The van der Waals surface area contributed by atoms with Gasteiger partial charge in [-0.15, -0.1) is 0 Å². The van der Waals surface area contributed by atoms with Gasteiger partial charge in [0.05, 0.1) is 25.4 Å². The number of aliphatic hydroxyl groups excluding tert-OH is 5. The van der Waals surface area contributed by atoms with Crippen molar-refractivity contribution >= 4 is 5.91 Å². The highest BCUT2D eigenvalue weighted by Crippen LogP contribution is 2.23. The van der Waals surface area contributed by atoms with Gasteiger partial charge in [-0.3, -0.25) is 4.79 Å². The van der Waals surface area contributed by atoms with Crippen molar-refractivity contribution in [2.75, 3.05) is 13.2 Å². The van der Waals surface area contributed by atoms with Gasteiger partial charge in [0, 0.05) is 6.42 Å². The van der Waals surface area contributed by atoms with Crippen molar-refractivity contribution in [3.63, 3.8) is 0 Å². The van der Waals surface area contributed by atoms with Gasteiger partial charge < -0.3 is 40.3 Å². The molecule has 1 rings (SSSR count). The third-order valence-corrected chi connectivity index (χ3v) is 15.1. The zero-order chi connectivity index (χ0) is 54.3. The molecular weight excluding hydrogens is 935 g/mol. The second kappa shape index (κ2) is 55.2. The lowest BCUT2D eigenvalue weighted by atomic mass is 9.99. The first-order valence-electron chi connectivity index (χ1n) is 32.0. The molecule has 0 aromatic carbocycles. The number of amides is 1. The smallest absolute Gasteiger partial charge is 0.220 e. The summed E-state index contributed by atoms with van der Waals surface area (Å²) in [5, 5.41) is 54.6. The standard InChI is InChI=1S/C66H121NO8/c1-3-5-7-9-11-13-15-16-17-18-19-20-21-22-23-24-25-26-27-28-29-30-31-32-33-34-35-36-37-38-39-40-41-42-43-44-46-48-50-52-54-56-62(70)67-59(58-74-66-65(73)64(72)63(71)61(57-68)75-66)60(69)55-53-51-49-47-45-14-12-10-8-6-4-2/h5,7,11,13,16-17,19-20,22-23,59-61,63-66,68-69,71-73H,3-4,6,8-10,12,14-15,18,21,24-58H2,1-2H3,(H,67,70)/b7-5-,13-11-,17-16-,20-19-,23-22-. The molecule has 0 aromatic rings. The highest BCUT2D eigenvalue weighted by atomic mass is 16.7. The van der Waals surface area contributed by atoms with Crippen LogP contribution in [-0.4, -0.2) is 87.5 Å². The number of unbranched alkanes of at least 4 members (excludes halogenated alkanes) is 35. The van der Waals surface area contributed by atoms with E-state index in [4.69, 9.17) is 9.47 Å². The first-order chi connectivity index (χ1) is 36.8. The fourth-order valence-electron chi connectivity index (χ4n) is 10.1. The predicted octanol–water partition coefficient (Wildman–Crippen LogP) is 16.6. The Morgan fingerprint density at radius 3 is 1.23 bits per heavy atom. The second-order valence-electron chi connectivity index (χ2n) is 22.2. The number of carbonyl (C=O) groups is 1. The van der Waals surface area contributed by atoms with Gasteiger partial charge in [-0.1, -0.05) is 293 Å². The lowest BCUT2D eigenvalue weighted by Crippen LogP contribution is -2.60. The summed E-state index contributed by atoms with van der Waals surface area (Å²) in [6, 6.07) is -0.716. The minimum Gasteiger partial charge on any atom is -0.394 e. The van der Waals surface area contributed by atoms with Crippen LogP contribution in [0, 0.1) is 0 Å². The number of rotatable bonds is 55. The lowest BCUT2D eigenvalue weighted by molar-refractivity contribution is -0.302. The van der Waals surface area contributed by atoms with E-state index in [1.54, 1.807) is 0 Å². The molecule has 75 heavy (non-hydrogen) atoms. The Bertz CT molecular complexity index is 1360. The van der Waals surface area contributed by atoms with E-state index in [-0.39, 0.29) is 12.5 Å². The fourth-order valence-corrected chi connectivity index (χ4v) is 10.1. The predicted molar refractivity (Wildman–Crippen MR) is 318 cm³/mol. The number of ether oxygens (including phenoxy) is 2. The minimum absolute atomic E-state index is 0.135. The third kappa shape index (κ3) is 44.4. The molecule has 1 saturated heterocycles. The first kappa shape index (κ1) is 70.9. The van der Waals surface area contributed by atoms with Gasteiger partial charge in [-0.05, 0) is 57.8 Å². The van der Waals surface area contributed by atoms with Gasteiger partial charge in [0.1, 0.15) is 24.4 Å². The Morgan fingerprint density at radius 2 is 0.827 bits per heavy atom. The van der Waals surface area contributed by atoms with Crippen LogP contribution in [0.25, 0.3) is 0 Å². The van der Waals surface area contributed by atoms with Gasteiger partial charge in [0.15, 0.2) is 6.29 Å². The molecule has 1 amide bonds. The van der Waals surface area contributed by atoms with Gasteiger partial charge >= 0.3 is 0 Å². The van der Waals surface area contributed by atoms with E-state index in [0.717, 1.165) is 70.6 Å². The third-order valence-electron chi connectivity index (χ3n) is 15.1. The van der Waals surface area contributed by atoms with Crippen LogP contribution in [0.3, 0.4) is 0 Å². The van der Waals surface area contributed by atoms with Crippen molar-refractivity contribution in [2.45, 2.75) is 339 Å².